The number of morpholine rings is 1. The van der Waals surface area contributed by atoms with Crippen molar-refractivity contribution in [3.05, 3.63) is 59.4 Å². The maximum absolute atomic E-state index is 13.8. The molecular formula is C25H32FN3O4. The van der Waals surface area contributed by atoms with Gasteiger partial charge < -0.3 is 14.8 Å². The Labute approximate surface area is 194 Å². The Morgan fingerprint density at radius 3 is 2.27 bits per heavy atom. The monoisotopic (exact) mass is 457 g/mol. The van der Waals surface area contributed by atoms with Crippen LogP contribution >= 0.6 is 0 Å². The van der Waals surface area contributed by atoms with Crippen molar-refractivity contribution in [2.45, 2.75) is 59.0 Å². The molecule has 1 aliphatic heterocycles. The average molecular weight is 458 g/mol. The number of halogens is 1. The Morgan fingerprint density at radius 1 is 1.03 bits per heavy atom. The van der Waals surface area contributed by atoms with Gasteiger partial charge in [0.2, 0.25) is 0 Å². The number of carbonyl (C=O) groups is 2. The lowest BCUT2D eigenvalue weighted by atomic mass is 10.1. The van der Waals surface area contributed by atoms with Crippen LogP contribution in [0.3, 0.4) is 0 Å². The van der Waals surface area contributed by atoms with E-state index in [9.17, 15) is 14.0 Å². The van der Waals surface area contributed by atoms with E-state index in [-0.39, 0.29) is 23.6 Å². The van der Waals surface area contributed by atoms with Crippen LogP contribution in [0.25, 0.3) is 0 Å². The molecule has 2 amide bonds. The minimum Gasteiger partial charge on any atom is -0.444 e. The lowest BCUT2D eigenvalue weighted by Gasteiger charge is -2.35. The number of ether oxygens (including phenoxy) is 2. The van der Waals surface area contributed by atoms with E-state index in [4.69, 9.17) is 9.47 Å². The van der Waals surface area contributed by atoms with Crippen LogP contribution in [0, 0.1) is 5.82 Å². The first kappa shape index (κ1) is 24.7. The van der Waals surface area contributed by atoms with Crippen LogP contribution in [-0.2, 0) is 16.0 Å². The number of benzene rings is 2. The summed E-state index contributed by atoms with van der Waals surface area (Å²) in [5.41, 5.74) is 1.21. The summed E-state index contributed by atoms with van der Waals surface area (Å²) in [4.78, 5) is 27.2. The Bertz CT molecular complexity index is 978. The molecule has 1 aliphatic rings. The van der Waals surface area contributed by atoms with Crippen LogP contribution in [0.1, 0.15) is 50.5 Å². The molecule has 2 unspecified atom stereocenters. The van der Waals surface area contributed by atoms with Gasteiger partial charge in [-0.15, -0.1) is 0 Å². The highest BCUT2D eigenvalue weighted by atomic mass is 19.1. The molecule has 0 aromatic heterocycles. The van der Waals surface area contributed by atoms with Crippen LogP contribution in [0.15, 0.2) is 42.5 Å². The first-order valence-electron chi connectivity index (χ1n) is 11.1. The van der Waals surface area contributed by atoms with Crippen LogP contribution in [0.5, 0.6) is 0 Å². The molecule has 2 aromatic carbocycles. The van der Waals surface area contributed by atoms with E-state index in [1.807, 2.05) is 12.1 Å². The molecule has 0 radical (unpaired) electrons. The van der Waals surface area contributed by atoms with Crippen molar-refractivity contribution in [1.29, 1.82) is 0 Å². The standard InChI is InChI=1S/C25H32FN3O4/c1-16-13-29(14-17(2)32-16)15-18-6-8-19(9-7-18)23(30)27-22-12-20(26)10-11-21(22)28-24(31)33-25(3,4)5/h6-12,16-17H,13-15H2,1-5H3,(H,27,30)(H,28,31). The number of carbonyl (C=O) groups excluding carboxylic acids is 2. The second-order valence-electron chi connectivity index (χ2n) is 9.42. The predicted molar refractivity (Wildman–Crippen MR) is 126 cm³/mol. The van der Waals surface area contributed by atoms with Crippen molar-refractivity contribution in [2.24, 2.45) is 0 Å². The third kappa shape index (κ3) is 7.54. The van der Waals surface area contributed by atoms with Gasteiger partial charge in [0.15, 0.2) is 0 Å². The van der Waals surface area contributed by atoms with Crippen molar-refractivity contribution >= 4 is 23.4 Å². The van der Waals surface area contributed by atoms with Gasteiger partial charge in [0.05, 0.1) is 23.6 Å². The molecule has 1 heterocycles. The molecule has 0 bridgehead atoms. The number of amides is 2. The fourth-order valence-electron chi connectivity index (χ4n) is 3.77. The van der Waals surface area contributed by atoms with Gasteiger partial charge in [-0.25, -0.2) is 9.18 Å². The van der Waals surface area contributed by atoms with E-state index in [0.717, 1.165) is 31.3 Å². The third-order valence-corrected chi connectivity index (χ3v) is 4.98. The highest BCUT2D eigenvalue weighted by Crippen LogP contribution is 2.25. The second kappa shape index (κ2) is 10.3. The van der Waals surface area contributed by atoms with Gasteiger partial charge in [0, 0.05) is 25.2 Å². The molecule has 8 heteroatoms. The summed E-state index contributed by atoms with van der Waals surface area (Å²) in [5.74, 6) is -0.947. The molecular weight excluding hydrogens is 425 g/mol. The van der Waals surface area contributed by atoms with Gasteiger partial charge in [-0.1, -0.05) is 12.1 Å². The van der Waals surface area contributed by atoms with E-state index >= 15 is 0 Å². The quantitative estimate of drug-likeness (QED) is 0.658. The number of anilines is 2. The zero-order chi connectivity index (χ0) is 24.2. The Hall–Kier alpha value is -2.97. The molecule has 0 saturated carbocycles. The van der Waals surface area contributed by atoms with Gasteiger partial charge >= 0.3 is 6.09 Å². The van der Waals surface area contributed by atoms with E-state index in [0.29, 0.717) is 5.56 Å². The van der Waals surface area contributed by atoms with Crippen molar-refractivity contribution in [1.82, 2.24) is 4.90 Å². The van der Waals surface area contributed by atoms with Crippen LogP contribution in [0.4, 0.5) is 20.6 Å². The smallest absolute Gasteiger partial charge is 0.412 e. The molecule has 2 aromatic rings. The highest BCUT2D eigenvalue weighted by molar-refractivity contribution is 6.06. The molecule has 33 heavy (non-hydrogen) atoms. The van der Waals surface area contributed by atoms with E-state index in [1.165, 1.54) is 12.1 Å². The summed E-state index contributed by atoms with van der Waals surface area (Å²) in [7, 11) is 0. The largest absolute Gasteiger partial charge is 0.444 e. The number of rotatable bonds is 5. The molecule has 2 atom stereocenters. The molecule has 1 fully saturated rings. The minimum atomic E-state index is -0.694. The van der Waals surface area contributed by atoms with E-state index in [2.05, 4.69) is 29.4 Å². The zero-order valence-electron chi connectivity index (χ0n) is 19.8. The minimum absolute atomic E-state index is 0.145. The maximum atomic E-state index is 13.8. The highest BCUT2D eigenvalue weighted by Gasteiger charge is 2.22. The fourth-order valence-corrected chi connectivity index (χ4v) is 3.77. The van der Waals surface area contributed by atoms with Crippen molar-refractivity contribution in [2.75, 3.05) is 23.7 Å². The molecule has 7 nitrogen and oxygen atoms in total. The molecule has 2 N–H and O–H groups in total. The summed E-state index contributed by atoms with van der Waals surface area (Å²) >= 11 is 0. The zero-order valence-corrected chi connectivity index (χ0v) is 19.8. The lowest BCUT2D eigenvalue weighted by Crippen LogP contribution is -2.44. The molecule has 3 rings (SSSR count). The number of hydrogen-bond donors (Lipinski definition) is 2. The summed E-state index contributed by atoms with van der Waals surface area (Å²) in [6.07, 6.45) is -0.317. The first-order valence-corrected chi connectivity index (χ1v) is 11.1. The normalized spacial score (nSPS) is 19.1. The third-order valence-electron chi connectivity index (χ3n) is 4.98. The molecule has 0 aliphatic carbocycles. The van der Waals surface area contributed by atoms with Gasteiger partial charge in [-0.2, -0.15) is 0 Å². The molecule has 0 spiro atoms. The van der Waals surface area contributed by atoms with Crippen molar-refractivity contribution in [3.63, 3.8) is 0 Å². The lowest BCUT2D eigenvalue weighted by molar-refractivity contribution is -0.0704. The van der Waals surface area contributed by atoms with Crippen molar-refractivity contribution < 1.29 is 23.5 Å². The van der Waals surface area contributed by atoms with Crippen LogP contribution in [0.2, 0.25) is 0 Å². The number of nitrogens with one attached hydrogen (secondary N) is 2. The Balaban J connectivity index is 1.66. The Kier molecular flexibility index (Phi) is 7.71. The fraction of sp³-hybridized carbons (Fsp3) is 0.440. The molecule has 1 saturated heterocycles. The SMILES string of the molecule is CC1CN(Cc2ccc(C(=O)Nc3cc(F)ccc3NC(=O)OC(C)(C)C)cc2)CC(C)O1. The number of hydrogen-bond acceptors (Lipinski definition) is 5. The summed E-state index contributed by atoms with van der Waals surface area (Å²) in [5, 5.41) is 5.23. The van der Waals surface area contributed by atoms with Gasteiger partial charge in [0.25, 0.3) is 5.91 Å². The second-order valence-corrected chi connectivity index (χ2v) is 9.42. The predicted octanol–water partition coefficient (Wildman–Crippen LogP) is 5.03. The van der Waals surface area contributed by atoms with E-state index in [1.54, 1.807) is 32.9 Å². The van der Waals surface area contributed by atoms with Gasteiger partial charge in [-0.3, -0.25) is 15.0 Å². The van der Waals surface area contributed by atoms with Gasteiger partial charge in [-0.05, 0) is 70.5 Å². The van der Waals surface area contributed by atoms with Gasteiger partial charge in [0.1, 0.15) is 11.4 Å². The summed E-state index contributed by atoms with van der Waals surface area (Å²) in [6.45, 7) is 11.8. The first-order chi connectivity index (χ1) is 15.5. The van der Waals surface area contributed by atoms with Crippen LogP contribution < -0.4 is 10.6 Å². The molecule has 178 valence electrons. The topological polar surface area (TPSA) is 79.9 Å². The average Bonchev–Trinajstić information content (AvgIpc) is 2.68. The van der Waals surface area contributed by atoms with Crippen LogP contribution in [-0.4, -0.2) is 47.8 Å². The maximum Gasteiger partial charge on any atom is 0.412 e. The van der Waals surface area contributed by atoms with E-state index < -0.39 is 23.4 Å². The summed E-state index contributed by atoms with van der Waals surface area (Å²) in [6, 6.07) is 11.0. The summed E-state index contributed by atoms with van der Waals surface area (Å²) < 4.78 is 24.8. The Morgan fingerprint density at radius 2 is 1.67 bits per heavy atom. The number of nitrogens with zero attached hydrogens (tertiary/aromatic N) is 1. The van der Waals surface area contributed by atoms with Crippen molar-refractivity contribution in [3.8, 4) is 0 Å².